The number of benzene rings is 3. The molecule has 0 saturated heterocycles. The summed E-state index contributed by atoms with van der Waals surface area (Å²) in [5, 5.41) is 4.26. The molecule has 3 rings (SSSR count). The van der Waals surface area contributed by atoms with Gasteiger partial charge >= 0.3 is 5.97 Å². The highest BCUT2D eigenvalue weighted by atomic mass is 35.5. The third-order valence-electron chi connectivity index (χ3n) is 4.21. The summed E-state index contributed by atoms with van der Waals surface area (Å²) in [5.41, 5.74) is 3.80. The van der Waals surface area contributed by atoms with Crippen LogP contribution in [0.2, 0.25) is 5.02 Å². The van der Waals surface area contributed by atoms with Gasteiger partial charge < -0.3 is 14.2 Å². The average molecular weight is 439 g/mol. The molecule has 7 nitrogen and oxygen atoms in total. The minimum absolute atomic E-state index is 0.285. The summed E-state index contributed by atoms with van der Waals surface area (Å²) in [6.45, 7) is 0. The zero-order valence-electron chi connectivity index (χ0n) is 16.8. The maximum absolute atomic E-state index is 12.3. The van der Waals surface area contributed by atoms with Crippen molar-refractivity contribution in [2.24, 2.45) is 5.10 Å². The first-order chi connectivity index (χ1) is 15.0. The minimum atomic E-state index is -0.547. The van der Waals surface area contributed by atoms with E-state index >= 15 is 0 Å². The lowest BCUT2D eigenvalue weighted by Gasteiger charge is -2.08. The molecule has 0 spiro atoms. The van der Waals surface area contributed by atoms with Crippen molar-refractivity contribution < 1.29 is 23.8 Å². The van der Waals surface area contributed by atoms with Gasteiger partial charge in [0.25, 0.3) is 5.91 Å². The van der Waals surface area contributed by atoms with Gasteiger partial charge in [0.1, 0.15) is 5.75 Å². The molecular weight excluding hydrogens is 420 g/mol. The molecule has 1 amide bonds. The molecule has 0 aromatic heterocycles. The first-order valence-electron chi connectivity index (χ1n) is 9.14. The summed E-state index contributed by atoms with van der Waals surface area (Å²) >= 11 is 6.00. The van der Waals surface area contributed by atoms with Gasteiger partial charge in [0.2, 0.25) is 0 Å². The summed E-state index contributed by atoms with van der Waals surface area (Å²) in [6, 6.07) is 18.1. The number of hydrogen-bond donors (Lipinski definition) is 1. The van der Waals surface area contributed by atoms with Crippen molar-refractivity contribution in [1.29, 1.82) is 0 Å². The number of carbonyl (C=O) groups is 2. The van der Waals surface area contributed by atoms with E-state index in [1.165, 1.54) is 20.4 Å². The monoisotopic (exact) mass is 438 g/mol. The predicted molar refractivity (Wildman–Crippen MR) is 117 cm³/mol. The maximum atomic E-state index is 12.3. The highest BCUT2D eigenvalue weighted by molar-refractivity contribution is 6.33. The van der Waals surface area contributed by atoms with Crippen LogP contribution in [0.25, 0.3) is 0 Å². The number of halogens is 1. The Balaban J connectivity index is 1.59. The molecular formula is C23H19ClN2O5. The largest absolute Gasteiger partial charge is 0.493 e. The van der Waals surface area contributed by atoms with Gasteiger partial charge in [0.15, 0.2) is 11.5 Å². The Bertz CT molecular complexity index is 1110. The molecule has 0 aliphatic carbocycles. The Morgan fingerprint density at radius 1 is 0.935 bits per heavy atom. The van der Waals surface area contributed by atoms with Gasteiger partial charge in [-0.3, -0.25) is 4.79 Å². The van der Waals surface area contributed by atoms with Crippen LogP contribution in [-0.4, -0.2) is 32.3 Å². The molecule has 1 N–H and O–H groups in total. The zero-order valence-corrected chi connectivity index (χ0v) is 17.6. The van der Waals surface area contributed by atoms with E-state index < -0.39 is 11.9 Å². The van der Waals surface area contributed by atoms with Crippen molar-refractivity contribution in [3.63, 3.8) is 0 Å². The van der Waals surface area contributed by atoms with Gasteiger partial charge in [-0.05, 0) is 60.2 Å². The Hall–Kier alpha value is -3.84. The van der Waals surface area contributed by atoms with Crippen LogP contribution < -0.4 is 19.6 Å². The Morgan fingerprint density at radius 2 is 1.65 bits per heavy atom. The zero-order chi connectivity index (χ0) is 22.2. The van der Waals surface area contributed by atoms with Crippen molar-refractivity contribution >= 4 is 29.7 Å². The fraction of sp³-hybridized carbons (Fsp3) is 0.0870. The first kappa shape index (κ1) is 21.9. The number of hydrazone groups is 1. The topological polar surface area (TPSA) is 86.2 Å². The van der Waals surface area contributed by atoms with Crippen molar-refractivity contribution in [1.82, 2.24) is 5.43 Å². The van der Waals surface area contributed by atoms with Gasteiger partial charge in [-0.2, -0.15) is 5.10 Å². The lowest BCUT2D eigenvalue weighted by atomic mass is 10.2. The number of rotatable bonds is 7. The number of carbonyl (C=O) groups excluding carboxylic acids is 2. The second-order valence-corrected chi connectivity index (χ2v) is 6.61. The number of nitrogens with one attached hydrogen (secondary N) is 1. The Morgan fingerprint density at radius 3 is 2.32 bits per heavy atom. The molecule has 0 aliphatic heterocycles. The van der Waals surface area contributed by atoms with Crippen LogP contribution in [0.5, 0.6) is 17.2 Å². The molecule has 0 unspecified atom stereocenters. The van der Waals surface area contributed by atoms with Crippen LogP contribution in [0.15, 0.2) is 71.8 Å². The van der Waals surface area contributed by atoms with E-state index in [9.17, 15) is 9.59 Å². The molecule has 3 aromatic carbocycles. The normalized spacial score (nSPS) is 10.5. The molecule has 158 valence electrons. The molecule has 31 heavy (non-hydrogen) atoms. The van der Waals surface area contributed by atoms with Gasteiger partial charge in [0.05, 0.1) is 31.0 Å². The van der Waals surface area contributed by atoms with Crippen molar-refractivity contribution in [3.05, 3.63) is 88.4 Å². The van der Waals surface area contributed by atoms with Crippen LogP contribution in [0.3, 0.4) is 0 Å². The van der Waals surface area contributed by atoms with Crippen molar-refractivity contribution in [2.45, 2.75) is 0 Å². The van der Waals surface area contributed by atoms with Gasteiger partial charge in [-0.15, -0.1) is 0 Å². The lowest BCUT2D eigenvalue weighted by Crippen LogP contribution is -2.17. The second-order valence-electron chi connectivity index (χ2n) is 6.21. The third-order valence-corrected chi connectivity index (χ3v) is 4.54. The summed E-state index contributed by atoms with van der Waals surface area (Å²) < 4.78 is 15.7. The maximum Gasteiger partial charge on any atom is 0.345 e. The second kappa shape index (κ2) is 10.3. The molecule has 0 radical (unpaired) electrons. The molecule has 0 heterocycles. The van der Waals surface area contributed by atoms with E-state index in [1.54, 1.807) is 66.7 Å². The van der Waals surface area contributed by atoms with Gasteiger partial charge in [-0.1, -0.05) is 23.7 Å². The average Bonchev–Trinajstić information content (AvgIpc) is 2.79. The number of amides is 1. The fourth-order valence-electron chi connectivity index (χ4n) is 2.62. The summed E-state index contributed by atoms with van der Waals surface area (Å²) in [4.78, 5) is 24.4. The van der Waals surface area contributed by atoms with E-state index in [0.29, 0.717) is 33.4 Å². The number of nitrogens with zero attached hydrogens (tertiary/aromatic N) is 1. The third kappa shape index (κ3) is 5.61. The van der Waals surface area contributed by atoms with Gasteiger partial charge in [0, 0.05) is 5.56 Å². The highest BCUT2D eigenvalue weighted by Gasteiger charge is 2.12. The van der Waals surface area contributed by atoms with Gasteiger partial charge in [-0.25, -0.2) is 10.2 Å². The van der Waals surface area contributed by atoms with E-state index in [2.05, 4.69) is 10.5 Å². The molecule has 3 aromatic rings. The molecule has 0 atom stereocenters. The number of methoxy groups -OCH3 is 2. The standard InChI is InChI=1S/C23H19ClN2O5/c1-29-20-12-9-16(13-21(20)30-2)22(27)26-25-14-15-7-10-17(11-8-15)31-23(28)18-5-3-4-6-19(18)24/h3-14H,1-2H3,(H,26,27)/b25-14+. The van der Waals surface area contributed by atoms with E-state index in [4.69, 9.17) is 25.8 Å². The van der Waals surface area contributed by atoms with Crippen LogP contribution >= 0.6 is 11.6 Å². The van der Waals surface area contributed by atoms with Crippen LogP contribution in [0, 0.1) is 0 Å². The summed E-state index contributed by atoms with van der Waals surface area (Å²) in [7, 11) is 3.01. The molecule has 0 aliphatic rings. The van der Waals surface area contributed by atoms with E-state index in [-0.39, 0.29) is 5.56 Å². The smallest absolute Gasteiger partial charge is 0.345 e. The fourth-order valence-corrected chi connectivity index (χ4v) is 2.83. The summed E-state index contributed by atoms with van der Waals surface area (Å²) in [5.74, 6) is 0.382. The predicted octanol–water partition coefficient (Wildman–Crippen LogP) is 4.34. The van der Waals surface area contributed by atoms with E-state index in [1.807, 2.05) is 0 Å². The SMILES string of the molecule is COc1ccc(C(=O)N/N=C/c2ccc(OC(=O)c3ccccc3Cl)cc2)cc1OC. The van der Waals surface area contributed by atoms with Crippen LogP contribution in [0.1, 0.15) is 26.3 Å². The Kier molecular flexibility index (Phi) is 7.24. The van der Waals surface area contributed by atoms with Crippen molar-refractivity contribution in [3.8, 4) is 17.2 Å². The quantitative estimate of drug-likeness (QED) is 0.256. The molecule has 8 heteroatoms. The number of esters is 1. The van der Waals surface area contributed by atoms with Crippen LogP contribution in [-0.2, 0) is 0 Å². The van der Waals surface area contributed by atoms with Crippen LogP contribution in [0.4, 0.5) is 0 Å². The lowest BCUT2D eigenvalue weighted by molar-refractivity contribution is 0.0734. The summed E-state index contributed by atoms with van der Waals surface area (Å²) in [6.07, 6.45) is 1.47. The Labute approximate surface area is 184 Å². The van der Waals surface area contributed by atoms with Crippen molar-refractivity contribution in [2.75, 3.05) is 14.2 Å². The van der Waals surface area contributed by atoms with E-state index in [0.717, 1.165) is 0 Å². The molecule has 0 bridgehead atoms. The minimum Gasteiger partial charge on any atom is -0.493 e. The molecule has 0 saturated carbocycles. The number of hydrogen-bond acceptors (Lipinski definition) is 6. The first-order valence-corrected chi connectivity index (χ1v) is 9.52. The highest BCUT2D eigenvalue weighted by Crippen LogP contribution is 2.27. The number of ether oxygens (including phenoxy) is 3. The molecule has 0 fully saturated rings.